The normalized spacial score (nSPS) is 22.2. The Morgan fingerprint density at radius 3 is 2.95 bits per heavy atom. The maximum absolute atomic E-state index is 4.84. The molecule has 0 saturated carbocycles. The van der Waals surface area contributed by atoms with E-state index in [1.54, 1.807) is 11.3 Å². The summed E-state index contributed by atoms with van der Waals surface area (Å²) in [7, 11) is 2.23. The van der Waals surface area contributed by atoms with Crippen molar-refractivity contribution in [2.75, 3.05) is 38.1 Å². The van der Waals surface area contributed by atoms with Gasteiger partial charge in [0.1, 0.15) is 0 Å². The van der Waals surface area contributed by atoms with Gasteiger partial charge in [0, 0.05) is 37.1 Å². The second-order valence-corrected chi connectivity index (χ2v) is 6.56. The summed E-state index contributed by atoms with van der Waals surface area (Å²) < 4.78 is 0. The van der Waals surface area contributed by atoms with Crippen molar-refractivity contribution in [3.63, 3.8) is 0 Å². The van der Waals surface area contributed by atoms with Crippen molar-refractivity contribution in [1.82, 2.24) is 15.2 Å². The number of rotatable bonds is 6. The van der Waals surface area contributed by atoms with Gasteiger partial charge in [-0.05, 0) is 33.4 Å². The molecule has 1 aromatic heterocycles. The predicted octanol–water partition coefficient (Wildman–Crippen LogP) is 2.73. The molecule has 4 nitrogen and oxygen atoms in total. The summed E-state index contributed by atoms with van der Waals surface area (Å²) in [6, 6.07) is 1.01. The summed E-state index contributed by atoms with van der Waals surface area (Å²) in [4.78, 5) is 9.77. The lowest BCUT2D eigenvalue weighted by Gasteiger charge is -2.39. The molecule has 5 heteroatoms. The van der Waals surface area contributed by atoms with Gasteiger partial charge in [0.25, 0.3) is 0 Å². The molecule has 2 rings (SSSR count). The highest BCUT2D eigenvalue weighted by molar-refractivity contribution is 7.13. The molecule has 20 heavy (non-hydrogen) atoms. The Labute approximate surface area is 127 Å². The molecule has 1 aliphatic rings. The van der Waals surface area contributed by atoms with E-state index < -0.39 is 0 Å². The molecular weight excluding hydrogens is 268 g/mol. The summed E-state index contributed by atoms with van der Waals surface area (Å²) in [5.41, 5.74) is 1.19. The van der Waals surface area contributed by atoms with Crippen LogP contribution in [0.25, 0.3) is 0 Å². The summed E-state index contributed by atoms with van der Waals surface area (Å²) in [6.45, 7) is 11.1. The van der Waals surface area contributed by atoms with Crippen LogP contribution < -0.4 is 10.2 Å². The predicted molar refractivity (Wildman–Crippen MR) is 87.7 cm³/mol. The number of hydrogen-bond acceptors (Lipinski definition) is 5. The van der Waals surface area contributed by atoms with Gasteiger partial charge < -0.3 is 10.2 Å². The van der Waals surface area contributed by atoms with Gasteiger partial charge in [-0.2, -0.15) is 0 Å². The van der Waals surface area contributed by atoms with E-state index >= 15 is 0 Å². The fourth-order valence-corrected chi connectivity index (χ4v) is 3.60. The lowest BCUT2D eigenvalue weighted by atomic mass is 10.1. The van der Waals surface area contributed by atoms with Crippen LogP contribution in [0.5, 0.6) is 0 Å². The van der Waals surface area contributed by atoms with E-state index in [0.717, 1.165) is 32.6 Å². The second-order valence-electron chi connectivity index (χ2n) is 5.72. The van der Waals surface area contributed by atoms with Crippen molar-refractivity contribution in [3.05, 3.63) is 11.1 Å². The third-order valence-electron chi connectivity index (χ3n) is 4.17. The minimum absolute atomic E-state index is 0.356. The van der Waals surface area contributed by atoms with Crippen molar-refractivity contribution in [1.29, 1.82) is 0 Å². The number of anilines is 1. The van der Waals surface area contributed by atoms with E-state index in [1.807, 2.05) is 0 Å². The Morgan fingerprint density at radius 1 is 1.45 bits per heavy atom. The topological polar surface area (TPSA) is 31.4 Å². The Kier molecular flexibility index (Phi) is 5.81. The molecule has 1 N–H and O–H groups in total. The molecule has 2 atom stereocenters. The molecule has 0 amide bonds. The van der Waals surface area contributed by atoms with Crippen LogP contribution in [0.3, 0.4) is 0 Å². The summed E-state index contributed by atoms with van der Waals surface area (Å²) in [5.74, 6) is 0. The van der Waals surface area contributed by atoms with Gasteiger partial charge >= 0.3 is 0 Å². The van der Waals surface area contributed by atoms with Crippen LogP contribution in [-0.2, 0) is 0 Å². The molecule has 114 valence electrons. The minimum Gasteiger partial charge on any atom is -0.345 e. The standard InChI is InChI=1S/C15H28N4S/c1-5-7-16-12(3)14-11-20-15(17-14)19-9-8-18(4)13(6-2)10-19/h11-13,16H,5-10H2,1-4H3. The minimum atomic E-state index is 0.356. The van der Waals surface area contributed by atoms with E-state index in [-0.39, 0.29) is 0 Å². The van der Waals surface area contributed by atoms with Gasteiger partial charge in [0.2, 0.25) is 0 Å². The molecule has 2 heterocycles. The van der Waals surface area contributed by atoms with Gasteiger partial charge in [-0.3, -0.25) is 4.90 Å². The zero-order valence-corrected chi connectivity index (χ0v) is 14.0. The Bertz CT molecular complexity index is 406. The Hall–Kier alpha value is -0.650. The lowest BCUT2D eigenvalue weighted by Crippen LogP contribution is -2.51. The Balaban J connectivity index is 1.98. The van der Waals surface area contributed by atoms with Crippen LogP contribution >= 0.6 is 11.3 Å². The molecule has 1 saturated heterocycles. The highest BCUT2D eigenvalue weighted by Gasteiger charge is 2.24. The molecule has 0 radical (unpaired) electrons. The van der Waals surface area contributed by atoms with Gasteiger partial charge in [0.05, 0.1) is 5.69 Å². The molecule has 1 fully saturated rings. The fourth-order valence-electron chi connectivity index (χ4n) is 2.65. The Morgan fingerprint density at radius 2 is 2.25 bits per heavy atom. The summed E-state index contributed by atoms with van der Waals surface area (Å²) >= 11 is 1.79. The highest BCUT2D eigenvalue weighted by Crippen LogP contribution is 2.26. The second kappa shape index (κ2) is 7.38. The number of thiazole rings is 1. The van der Waals surface area contributed by atoms with Crippen molar-refractivity contribution in [2.24, 2.45) is 0 Å². The van der Waals surface area contributed by atoms with E-state index in [4.69, 9.17) is 4.98 Å². The zero-order chi connectivity index (χ0) is 14.5. The number of piperazine rings is 1. The summed E-state index contributed by atoms with van der Waals surface area (Å²) in [6.07, 6.45) is 2.37. The lowest BCUT2D eigenvalue weighted by molar-refractivity contribution is 0.213. The van der Waals surface area contributed by atoms with Crippen molar-refractivity contribution < 1.29 is 0 Å². The van der Waals surface area contributed by atoms with Crippen LogP contribution in [0, 0.1) is 0 Å². The molecule has 0 bridgehead atoms. The molecule has 0 aromatic carbocycles. The van der Waals surface area contributed by atoms with Crippen LogP contribution in [0.2, 0.25) is 0 Å². The molecule has 1 aromatic rings. The maximum Gasteiger partial charge on any atom is 0.185 e. The average molecular weight is 296 g/mol. The van der Waals surface area contributed by atoms with Crippen molar-refractivity contribution in [2.45, 2.75) is 45.7 Å². The van der Waals surface area contributed by atoms with Crippen LogP contribution in [0.15, 0.2) is 5.38 Å². The molecule has 0 aliphatic carbocycles. The number of hydrogen-bond donors (Lipinski definition) is 1. The third kappa shape index (κ3) is 3.71. The number of likely N-dealkylation sites (N-methyl/N-ethyl adjacent to an activating group) is 1. The monoisotopic (exact) mass is 296 g/mol. The van der Waals surface area contributed by atoms with Gasteiger partial charge in [-0.15, -0.1) is 11.3 Å². The fraction of sp³-hybridized carbons (Fsp3) is 0.800. The average Bonchev–Trinajstić information content (AvgIpc) is 2.95. The van der Waals surface area contributed by atoms with E-state index in [9.17, 15) is 0 Å². The third-order valence-corrected chi connectivity index (χ3v) is 5.09. The quantitative estimate of drug-likeness (QED) is 0.874. The number of nitrogens with one attached hydrogen (secondary N) is 1. The highest BCUT2D eigenvalue weighted by atomic mass is 32.1. The zero-order valence-electron chi connectivity index (χ0n) is 13.2. The molecular formula is C15H28N4S. The largest absolute Gasteiger partial charge is 0.345 e. The van der Waals surface area contributed by atoms with E-state index in [0.29, 0.717) is 12.1 Å². The van der Waals surface area contributed by atoms with E-state index in [1.165, 1.54) is 17.2 Å². The van der Waals surface area contributed by atoms with Crippen LogP contribution in [0.4, 0.5) is 5.13 Å². The maximum atomic E-state index is 4.84. The van der Waals surface area contributed by atoms with Crippen LogP contribution in [0.1, 0.15) is 45.3 Å². The SMILES string of the molecule is CCCNC(C)c1csc(N2CCN(C)C(CC)C2)n1. The molecule has 2 unspecified atom stereocenters. The summed E-state index contributed by atoms with van der Waals surface area (Å²) in [5, 5.41) is 6.91. The smallest absolute Gasteiger partial charge is 0.185 e. The first-order valence-electron chi connectivity index (χ1n) is 7.79. The van der Waals surface area contributed by atoms with E-state index in [2.05, 4.69) is 48.3 Å². The first-order valence-corrected chi connectivity index (χ1v) is 8.67. The van der Waals surface area contributed by atoms with Gasteiger partial charge in [-0.1, -0.05) is 13.8 Å². The molecule has 1 aliphatic heterocycles. The van der Waals surface area contributed by atoms with Crippen molar-refractivity contribution in [3.8, 4) is 0 Å². The van der Waals surface area contributed by atoms with Gasteiger partial charge in [0.15, 0.2) is 5.13 Å². The first kappa shape index (κ1) is 15.7. The molecule has 0 spiro atoms. The number of aromatic nitrogens is 1. The van der Waals surface area contributed by atoms with Crippen molar-refractivity contribution >= 4 is 16.5 Å². The first-order chi connectivity index (χ1) is 9.65. The van der Waals surface area contributed by atoms with Crippen LogP contribution in [-0.4, -0.2) is 49.2 Å². The van der Waals surface area contributed by atoms with Gasteiger partial charge in [-0.25, -0.2) is 4.98 Å². The number of nitrogens with zero attached hydrogens (tertiary/aromatic N) is 3.